The Bertz CT molecular complexity index is 738. The highest BCUT2D eigenvalue weighted by molar-refractivity contribution is 7.94. The van der Waals surface area contributed by atoms with Gasteiger partial charge in [0.05, 0.1) is 12.3 Å². The first-order chi connectivity index (χ1) is 10.1. The Hall–Kier alpha value is -1.99. The van der Waals surface area contributed by atoms with Gasteiger partial charge in [-0.3, -0.25) is 0 Å². The fourth-order valence-corrected chi connectivity index (χ4v) is 3.40. The van der Waals surface area contributed by atoms with Crippen molar-refractivity contribution in [2.45, 2.75) is 19.0 Å². The van der Waals surface area contributed by atoms with E-state index < -0.39 is 9.84 Å². The largest absolute Gasteiger partial charge is 0.338 e. The maximum absolute atomic E-state index is 11.3. The van der Waals surface area contributed by atoms with Crippen LogP contribution in [0.15, 0.2) is 46.3 Å². The number of nitrogens with zero attached hydrogens (tertiary/aromatic N) is 2. The van der Waals surface area contributed by atoms with Crippen LogP contribution in [-0.2, 0) is 22.8 Å². The summed E-state index contributed by atoms with van der Waals surface area (Å²) >= 11 is 0. The molecule has 21 heavy (non-hydrogen) atoms. The summed E-state index contributed by atoms with van der Waals surface area (Å²) in [4.78, 5) is 4.29. The topological polar surface area (TPSA) is 85.1 Å². The van der Waals surface area contributed by atoms with Crippen molar-refractivity contribution in [3.63, 3.8) is 0 Å². The standard InChI is InChI=1S/C14H15N3O3S/c18-21(19)7-6-12(10-21)15-9-14-16-13(17-20-14)8-11-4-2-1-3-5-11/h1-7,12,15H,8-10H2. The quantitative estimate of drug-likeness (QED) is 0.889. The van der Waals surface area contributed by atoms with E-state index in [4.69, 9.17) is 4.52 Å². The van der Waals surface area contributed by atoms with Gasteiger partial charge in [0, 0.05) is 17.9 Å². The highest BCUT2D eigenvalue weighted by atomic mass is 32.2. The molecule has 2 aromatic rings. The van der Waals surface area contributed by atoms with E-state index in [1.807, 2.05) is 30.3 Å². The van der Waals surface area contributed by atoms with Gasteiger partial charge in [0.15, 0.2) is 15.7 Å². The average molecular weight is 305 g/mol. The second-order valence-electron chi connectivity index (χ2n) is 4.91. The van der Waals surface area contributed by atoms with Crippen LogP contribution in [0.2, 0.25) is 0 Å². The van der Waals surface area contributed by atoms with Crippen molar-refractivity contribution < 1.29 is 12.9 Å². The van der Waals surface area contributed by atoms with E-state index >= 15 is 0 Å². The lowest BCUT2D eigenvalue weighted by molar-refractivity contribution is 0.361. The normalized spacial score (nSPS) is 19.9. The summed E-state index contributed by atoms with van der Waals surface area (Å²) in [7, 11) is -3.05. The van der Waals surface area contributed by atoms with Crippen LogP contribution in [0.3, 0.4) is 0 Å². The molecular formula is C14H15N3O3S. The zero-order chi connectivity index (χ0) is 14.7. The third-order valence-corrected chi connectivity index (χ3v) is 4.56. The fraction of sp³-hybridized carbons (Fsp3) is 0.286. The van der Waals surface area contributed by atoms with Crippen LogP contribution in [-0.4, -0.2) is 30.4 Å². The van der Waals surface area contributed by atoms with E-state index in [0.717, 1.165) is 5.56 Å². The minimum atomic E-state index is -3.05. The Balaban J connectivity index is 1.55. The van der Waals surface area contributed by atoms with Crippen molar-refractivity contribution in [1.82, 2.24) is 15.5 Å². The minimum absolute atomic E-state index is 0.0814. The van der Waals surface area contributed by atoms with E-state index in [0.29, 0.717) is 24.7 Å². The first-order valence-electron chi connectivity index (χ1n) is 6.60. The van der Waals surface area contributed by atoms with Gasteiger partial charge in [0.25, 0.3) is 0 Å². The van der Waals surface area contributed by atoms with E-state index in [-0.39, 0.29) is 11.8 Å². The van der Waals surface area contributed by atoms with E-state index in [2.05, 4.69) is 15.5 Å². The van der Waals surface area contributed by atoms with Gasteiger partial charge >= 0.3 is 0 Å². The summed E-state index contributed by atoms with van der Waals surface area (Å²) < 4.78 is 27.7. The van der Waals surface area contributed by atoms with Crippen LogP contribution in [0.1, 0.15) is 17.3 Å². The zero-order valence-electron chi connectivity index (χ0n) is 11.3. The molecule has 110 valence electrons. The molecule has 1 aromatic heterocycles. The Labute approximate surface area is 122 Å². The maximum Gasteiger partial charge on any atom is 0.240 e. The number of aromatic nitrogens is 2. The first kappa shape index (κ1) is 14.0. The molecule has 0 amide bonds. The highest BCUT2D eigenvalue weighted by Crippen LogP contribution is 2.10. The molecule has 0 spiro atoms. The van der Waals surface area contributed by atoms with Gasteiger partial charge in [-0.05, 0) is 5.56 Å². The second-order valence-corrected chi connectivity index (χ2v) is 6.84. The minimum Gasteiger partial charge on any atom is -0.338 e. The van der Waals surface area contributed by atoms with Crippen molar-refractivity contribution in [1.29, 1.82) is 0 Å². The first-order valence-corrected chi connectivity index (χ1v) is 8.32. The fourth-order valence-electron chi connectivity index (χ4n) is 2.13. The monoisotopic (exact) mass is 305 g/mol. The molecule has 6 nitrogen and oxygen atoms in total. The molecule has 0 bridgehead atoms. The summed E-state index contributed by atoms with van der Waals surface area (Å²) in [6.07, 6.45) is 2.25. The Morgan fingerprint density at radius 3 is 2.81 bits per heavy atom. The molecule has 1 atom stereocenters. The third-order valence-electron chi connectivity index (χ3n) is 3.16. The zero-order valence-corrected chi connectivity index (χ0v) is 12.1. The van der Waals surface area contributed by atoms with Crippen molar-refractivity contribution in [3.05, 3.63) is 59.1 Å². The van der Waals surface area contributed by atoms with E-state index in [9.17, 15) is 8.42 Å². The van der Waals surface area contributed by atoms with Gasteiger partial charge in [-0.2, -0.15) is 4.98 Å². The molecule has 7 heteroatoms. The Kier molecular flexibility index (Phi) is 3.85. The number of hydrogen-bond acceptors (Lipinski definition) is 6. The van der Waals surface area contributed by atoms with Gasteiger partial charge in [-0.1, -0.05) is 41.6 Å². The average Bonchev–Trinajstić information content (AvgIpc) is 3.04. The predicted molar refractivity (Wildman–Crippen MR) is 77.1 cm³/mol. The SMILES string of the molecule is O=S1(=O)C=CC(NCc2nc(Cc3ccccc3)no2)C1. The van der Waals surface area contributed by atoms with Crippen molar-refractivity contribution in [3.8, 4) is 0 Å². The molecule has 1 aromatic carbocycles. The van der Waals surface area contributed by atoms with Gasteiger partial charge in [0.1, 0.15) is 0 Å². The lowest BCUT2D eigenvalue weighted by Gasteiger charge is -2.06. The lowest BCUT2D eigenvalue weighted by atomic mass is 10.1. The van der Waals surface area contributed by atoms with Crippen LogP contribution in [0, 0.1) is 0 Å². The van der Waals surface area contributed by atoms with Crippen LogP contribution in [0.4, 0.5) is 0 Å². The van der Waals surface area contributed by atoms with E-state index in [1.165, 1.54) is 5.41 Å². The molecule has 0 saturated heterocycles. The number of rotatable bonds is 5. The molecule has 1 unspecified atom stereocenters. The van der Waals surface area contributed by atoms with Crippen molar-refractivity contribution >= 4 is 9.84 Å². The van der Waals surface area contributed by atoms with Crippen LogP contribution in [0.5, 0.6) is 0 Å². The van der Waals surface area contributed by atoms with Crippen molar-refractivity contribution in [2.24, 2.45) is 0 Å². The van der Waals surface area contributed by atoms with Crippen LogP contribution >= 0.6 is 0 Å². The number of nitrogens with one attached hydrogen (secondary N) is 1. The third kappa shape index (κ3) is 3.77. The molecule has 3 rings (SSSR count). The molecule has 0 fully saturated rings. The number of sulfone groups is 1. The summed E-state index contributed by atoms with van der Waals surface area (Å²) in [5.74, 6) is 1.16. The van der Waals surface area contributed by atoms with Gasteiger partial charge in [-0.15, -0.1) is 0 Å². The maximum atomic E-state index is 11.3. The summed E-state index contributed by atoms with van der Waals surface area (Å²) in [5.41, 5.74) is 1.11. The van der Waals surface area contributed by atoms with Crippen LogP contribution in [0.25, 0.3) is 0 Å². The lowest BCUT2D eigenvalue weighted by Crippen LogP contribution is -2.29. The second kappa shape index (κ2) is 5.79. The van der Waals surface area contributed by atoms with E-state index in [1.54, 1.807) is 6.08 Å². The number of benzene rings is 1. The highest BCUT2D eigenvalue weighted by Gasteiger charge is 2.21. The van der Waals surface area contributed by atoms with Crippen LogP contribution < -0.4 is 5.32 Å². The smallest absolute Gasteiger partial charge is 0.240 e. The summed E-state index contributed by atoms with van der Waals surface area (Å²) in [6.45, 7) is 0.353. The molecule has 0 radical (unpaired) electrons. The Morgan fingerprint density at radius 2 is 2.10 bits per heavy atom. The molecule has 0 aliphatic carbocycles. The molecular weight excluding hydrogens is 290 g/mol. The van der Waals surface area contributed by atoms with Gasteiger partial charge < -0.3 is 9.84 Å². The van der Waals surface area contributed by atoms with Gasteiger partial charge in [-0.25, -0.2) is 8.42 Å². The summed E-state index contributed by atoms with van der Waals surface area (Å²) in [6, 6.07) is 9.69. The Morgan fingerprint density at radius 1 is 1.29 bits per heavy atom. The van der Waals surface area contributed by atoms with Gasteiger partial charge in [0.2, 0.25) is 5.89 Å². The molecule has 1 N–H and O–H groups in total. The molecule has 1 aliphatic rings. The number of hydrogen-bond donors (Lipinski definition) is 1. The predicted octanol–water partition coefficient (Wildman–Crippen LogP) is 1.06. The molecule has 0 saturated carbocycles. The molecule has 2 heterocycles. The molecule has 1 aliphatic heterocycles. The summed E-state index contributed by atoms with van der Waals surface area (Å²) in [5, 5.41) is 8.23. The van der Waals surface area contributed by atoms with Crippen molar-refractivity contribution in [2.75, 3.05) is 5.75 Å².